The second-order valence-corrected chi connectivity index (χ2v) is 6.06. The summed E-state index contributed by atoms with van der Waals surface area (Å²) in [5.41, 5.74) is -1.44. The van der Waals surface area contributed by atoms with Gasteiger partial charge in [-0.05, 0) is 18.2 Å². The van der Waals surface area contributed by atoms with E-state index in [1.54, 1.807) is 48.5 Å². The molecule has 2 aromatic carbocycles. The van der Waals surface area contributed by atoms with Gasteiger partial charge in [0.15, 0.2) is 5.60 Å². The molecule has 1 N–H and O–H groups in total. The van der Waals surface area contributed by atoms with Crippen LogP contribution < -0.4 is 0 Å². The number of aromatic nitrogens is 3. The minimum Gasteiger partial charge on any atom is -0.375 e. The molecule has 1 unspecified atom stereocenters. The Morgan fingerprint density at radius 3 is 2.38 bits per heavy atom. The van der Waals surface area contributed by atoms with Crippen LogP contribution in [0, 0.1) is 0 Å². The largest absolute Gasteiger partial charge is 0.375 e. The van der Waals surface area contributed by atoms with Gasteiger partial charge in [0.25, 0.3) is 0 Å². The zero-order valence-corrected chi connectivity index (χ0v) is 13.9. The molecule has 122 valence electrons. The highest BCUT2D eigenvalue weighted by Crippen LogP contribution is 2.34. The van der Waals surface area contributed by atoms with Crippen molar-refractivity contribution in [1.29, 1.82) is 0 Å². The average molecular weight is 362 g/mol. The number of Topliss-reactive ketones (excluding diaryl/α,β-unsaturated/α-hetero) is 1. The van der Waals surface area contributed by atoms with Crippen molar-refractivity contribution < 1.29 is 9.90 Å². The maximum Gasteiger partial charge on any atom is 0.202 e. The van der Waals surface area contributed by atoms with E-state index in [1.807, 2.05) is 0 Å². The van der Waals surface area contributed by atoms with E-state index < -0.39 is 11.4 Å². The van der Waals surface area contributed by atoms with E-state index in [0.717, 1.165) is 0 Å². The summed E-state index contributed by atoms with van der Waals surface area (Å²) in [6.45, 7) is -0.138. The molecular weight excluding hydrogens is 349 g/mol. The van der Waals surface area contributed by atoms with Crippen LogP contribution in [0.3, 0.4) is 0 Å². The van der Waals surface area contributed by atoms with E-state index >= 15 is 0 Å². The first-order valence-corrected chi connectivity index (χ1v) is 7.87. The molecule has 7 heteroatoms. The summed E-state index contributed by atoms with van der Waals surface area (Å²) in [5.74, 6) is -0.559. The molecule has 3 rings (SSSR count). The molecule has 0 bridgehead atoms. The van der Waals surface area contributed by atoms with E-state index in [1.165, 1.54) is 17.3 Å². The maximum atomic E-state index is 13.1. The van der Waals surface area contributed by atoms with Gasteiger partial charge in [0.2, 0.25) is 5.78 Å². The monoisotopic (exact) mass is 361 g/mol. The van der Waals surface area contributed by atoms with Crippen molar-refractivity contribution in [1.82, 2.24) is 14.8 Å². The van der Waals surface area contributed by atoms with Crippen LogP contribution in [0.5, 0.6) is 0 Å². The normalized spacial score (nSPS) is 13.5. The standard InChI is InChI=1S/C17H13Cl2N3O2/c18-14-7-3-1-5-12(14)16(23)17(24,9-22-11-20-10-21-22)13-6-2-4-8-15(13)19/h1-8,10-11,24H,9H2. The number of ketones is 1. The number of halogens is 2. The Labute approximate surface area is 148 Å². The number of carbonyl (C=O) groups is 1. The second-order valence-electron chi connectivity index (χ2n) is 5.24. The lowest BCUT2D eigenvalue weighted by Crippen LogP contribution is -2.40. The Morgan fingerprint density at radius 2 is 1.75 bits per heavy atom. The van der Waals surface area contributed by atoms with Crippen LogP contribution in [0.4, 0.5) is 0 Å². The molecule has 0 spiro atoms. The smallest absolute Gasteiger partial charge is 0.202 e. The van der Waals surface area contributed by atoms with Crippen LogP contribution in [0.15, 0.2) is 61.2 Å². The van der Waals surface area contributed by atoms with Crippen molar-refractivity contribution in [2.24, 2.45) is 0 Å². The summed E-state index contributed by atoms with van der Waals surface area (Å²) < 4.78 is 1.37. The van der Waals surface area contributed by atoms with Crippen LogP contribution in [0.2, 0.25) is 10.0 Å². The Kier molecular flexibility index (Phi) is 4.66. The quantitative estimate of drug-likeness (QED) is 0.707. The third kappa shape index (κ3) is 3.06. The SMILES string of the molecule is O=C(c1ccccc1Cl)C(O)(Cn1cncn1)c1ccccc1Cl. The fraction of sp³-hybridized carbons (Fsp3) is 0.118. The summed E-state index contributed by atoms with van der Waals surface area (Å²) in [5, 5.41) is 15.8. The molecule has 0 aliphatic rings. The van der Waals surface area contributed by atoms with Gasteiger partial charge in [-0.25, -0.2) is 9.67 Å². The fourth-order valence-corrected chi connectivity index (χ4v) is 3.01. The van der Waals surface area contributed by atoms with Crippen molar-refractivity contribution >= 4 is 29.0 Å². The number of rotatable bonds is 5. The highest BCUT2D eigenvalue weighted by molar-refractivity contribution is 6.35. The van der Waals surface area contributed by atoms with Crippen molar-refractivity contribution in [3.8, 4) is 0 Å². The van der Waals surface area contributed by atoms with Gasteiger partial charge < -0.3 is 5.11 Å². The van der Waals surface area contributed by atoms with Crippen molar-refractivity contribution in [3.05, 3.63) is 82.4 Å². The first kappa shape index (κ1) is 16.6. The molecule has 0 fully saturated rings. The Balaban J connectivity index is 2.13. The van der Waals surface area contributed by atoms with Gasteiger partial charge in [-0.3, -0.25) is 4.79 Å². The minimum atomic E-state index is -1.93. The summed E-state index contributed by atoms with van der Waals surface area (Å²) in [6, 6.07) is 13.2. The summed E-state index contributed by atoms with van der Waals surface area (Å²) in [7, 11) is 0. The molecule has 3 aromatic rings. The van der Waals surface area contributed by atoms with Gasteiger partial charge in [-0.2, -0.15) is 5.10 Å². The van der Waals surface area contributed by atoms with E-state index in [0.29, 0.717) is 0 Å². The lowest BCUT2D eigenvalue weighted by molar-refractivity contribution is 0.0182. The molecule has 5 nitrogen and oxygen atoms in total. The van der Waals surface area contributed by atoms with Gasteiger partial charge in [0, 0.05) is 16.1 Å². The average Bonchev–Trinajstić information content (AvgIpc) is 3.07. The first-order chi connectivity index (χ1) is 11.5. The molecule has 0 saturated heterocycles. The Morgan fingerprint density at radius 1 is 1.08 bits per heavy atom. The van der Waals surface area contributed by atoms with Gasteiger partial charge in [-0.15, -0.1) is 0 Å². The fourth-order valence-electron chi connectivity index (χ4n) is 2.49. The molecule has 0 aliphatic heterocycles. The molecule has 0 amide bonds. The van der Waals surface area contributed by atoms with Crippen LogP contribution in [0.25, 0.3) is 0 Å². The predicted molar refractivity (Wildman–Crippen MR) is 91.2 cm³/mol. The number of benzene rings is 2. The predicted octanol–water partition coefficient (Wildman–Crippen LogP) is 3.36. The van der Waals surface area contributed by atoms with Crippen molar-refractivity contribution in [2.45, 2.75) is 12.1 Å². The minimum absolute atomic E-state index is 0.138. The van der Waals surface area contributed by atoms with E-state index in [4.69, 9.17) is 23.2 Å². The van der Waals surface area contributed by atoms with Crippen LogP contribution in [-0.2, 0) is 12.1 Å². The van der Waals surface area contributed by atoms with Crippen molar-refractivity contribution in [2.75, 3.05) is 0 Å². The Hall–Kier alpha value is -2.21. The first-order valence-electron chi connectivity index (χ1n) is 7.11. The van der Waals surface area contributed by atoms with Gasteiger partial charge >= 0.3 is 0 Å². The molecule has 24 heavy (non-hydrogen) atoms. The Bertz CT molecular complexity index is 868. The molecule has 1 aromatic heterocycles. The van der Waals surface area contributed by atoms with Crippen molar-refractivity contribution in [3.63, 3.8) is 0 Å². The summed E-state index contributed by atoms with van der Waals surface area (Å²) in [6.07, 6.45) is 2.74. The van der Waals surface area contributed by atoms with E-state index in [2.05, 4.69) is 10.1 Å². The molecule has 1 heterocycles. The van der Waals surface area contributed by atoms with Crippen LogP contribution in [0.1, 0.15) is 15.9 Å². The number of nitrogens with zero attached hydrogens (tertiary/aromatic N) is 3. The lowest BCUT2D eigenvalue weighted by Gasteiger charge is -2.28. The number of hydrogen-bond donors (Lipinski definition) is 1. The number of carbonyl (C=O) groups excluding carboxylic acids is 1. The topological polar surface area (TPSA) is 68.0 Å². The maximum absolute atomic E-state index is 13.1. The molecule has 0 saturated carbocycles. The molecule has 0 radical (unpaired) electrons. The summed E-state index contributed by atoms with van der Waals surface area (Å²) in [4.78, 5) is 17.0. The second kappa shape index (κ2) is 6.73. The van der Waals surface area contributed by atoms with Gasteiger partial charge in [0.1, 0.15) is 12.7 Å². The van der Waals surface area contributed by atoms with Crippen LogP contribution >= 0.6 is 23.2 Å². The summed E-state index contributed by atoms with van der Waals surface area (Å²) >= 11 is 12.4. The number of aliphatic hydroxyl groups is 1. The lowest BCUT2D eigenvalue weighted by atomic mass is 9.85. The van der Waals surface area contributed by atoms with Gasteiger partial charge in [-0.1, -0.05) is 53.5 Å². The van der Waals surface area contributed by atoms with Crippen LogP contribution in [-0.4, -0.2) is 25.7 Å². The highest BCUT2D eigenvalue weighted by atomic mass is 35.5. The zero-order valence-electron chi connectivity index (χ0n) is 12.4. The third-order valence-corrected chi connectivity index (χ3v) is 4.33. The molecule has 1 atom stereocenters. The highest BCUT2D eigenvalue weighted by Gasteiger charge is 2.41. The van der Waals surface area contributed by atoms with E-state index in [-0.39, 0.29) is 27.7 Å². The van der Waals surface area contributed by atoms with E-state index in [9.17, 15) is 9.90 Å². The third-order valence-electron chi connectivity index (χ3n) is 3.67. The van der Waals surface area contributed by atoms with Gasteiger partial charge in [0.05, 0.1) is 11.6 Å². The zero-order chi connectivity index (χ0) is 17.2. The molecule has 0 aliphatic carbocycles. The number of hydrogen-bond acceptors (Lipinski definition) is 4. The molecular formula is C17H13Cl2N3O2.